The molecule has 1 saturated heterocycles. The third-order valence-electron chi connectivity index (χ3n) is 4.07. The zero-order valence-electron chi connectivity index (χ0n) is 11.4. The fourth-order valence-corrected chi connectivity index (χ4v) is 3.56. The first-order valence-electron chi connectivity index (χ1n) is 6.79. The fourth-order valence-electron chi connectivity index (χ4n) is 3.02. The maximum atomic E-state index is 14.6. The number of nitrogens with zero attached hydrogens (tertiary/aromatic N) is 1. The van der Waals surface area contributed by atoms with Crippen LogP contribution in [0.5, 0.6) is 11.5 Å². The maximum absolute atomic E-state index is 14.6. The number of ether oxygens (including phenoxy) is 2. The molecule has 0 saturated carbocycles. The highest BCUT2D eigenvalue weighted by atomic mass is 79.9. The summed E-state index contributed by atoms with van der Waals surface area (Å²) in [6, 6.07) is 1.81. The van der Waals surface area contributed by atoms with Crippen molar-refractivity contribution in [3.8, 4) is 11.5 Å². The lowest BCUT2D eigenvalue weighted by molar-refractivity contribution is 0.168. The molecule has 2 heterocycles. The van der Waals surface area contributed by atoms with Gasteiger partial charge in [0.1, 0.15) is 19.0 Å². The SMILES string of the molecule is CN1CC(CN)CC1c1cc2c(c(Br)c1F)OCCO2. The first kappa shape index (κ1) is 14.1. The molecule has 6 heteroatoms. The minimum absolute atomic E-state index is 0.0377. The number of likely N-dealkylation sites (tertiary alicyclic amines) is 1. The average Bonchev–Trinajstić information content (AvgIpc) is 2.84. The zero-order chi connectivity index (χ0) is 14.3. The van der Waals surface area contributed by atoms with Gasteiger partial charge in [0, 0.05) is 18.2 Å². The molecule has 0 spiro atoms. The van der Waals surface area contributed by atoms with Gasteiger partial charge in [-0.2, -0.15) is 0 Å². The minimum Gasteiger partial charge on any atom is -0.486 e. The van der Waals surface area contributed by atoms with Crippen molar-refractivity contribution in [2.45, 2.75) is 12.5 Å². The van der Waals surface area contributed by atoms with Crippen LogP contribution < -0.4 is 15.2 Å². The molecule has 0 radical (unpaired) electrons. The molecule has 2 N–H and O–H groups in total. The summed E-state index contributed by atoms with van der Waals surface area (Å²) in [7, 11) is 2.00. The van der Waals surface area contributed by atoms with E-state index in [0.29, 0.717) is 47.2 Å². The van der Waals surface area contributed by atoms with E-state index in [4.69, 9.17) is 15.2 Å². The summed E-state index contributed by atoms with van der Waals surface area (Å²) in [5.74, 6) is 1.23. The lowest BCUT2D eigenvalue weighted by atomic mass is 9.99. The largest absolute Gasteiger partial charge is 0.486 e. The highest BCUT2D eigenvalue weighted by Crippen LogP contribution is 2.45. The molecule has 0 bridgehead atoms. The second-order valence-corrected chi connectivity index (χ2v) is 6.20. The van der Waals surface area contributed by atoms with Crippen molar-refractivity contribution in [2.75, 3.05) is 33.4 Å². The zero-order valence-corrected chi connectivity index (χ0v) is 13.0. The molecule has 20 heavy (non-hydrogen) atoms. The summed E-state index contributed by atoms with van der Waals surface area (Å²) in [6.07, 6.45) is 0.871. The molecule has 110 valence electrons. The third-order valence-corrected chi connectivity index (χ3v) is 4.78. The molecule has 1 aromatic carbocycles. The van der Waals surface area contributed by atoms with Crippen LogP contribution >= 0.6 is 15.9 Å². The Labute approximate surface area is 126 Å². The minimum atomic E-state index is -0.260. The van der Waals surface area contributed by atoms with Gasteiger partial charge in [0.25, 0.3) is 0 Å². The summed E-state index contributed by atoms with van der Waals surface area (Å²) >= 11 is 3.29. The van der Waals surface area contributed by atoms with Crippen molar-refractivity contribution in [3.05, 3.63) is 21.9 Å². The quantitative estimate of drug-likeness (QED) is 0.894. The topological polar surface area (TPSA) is 47.7 Å². The molecule has 2 aliphatic rings. The number of rotatable bonds is 2. The maximum Gasteiger partial charge on any atom is 0.178 e. The predicted molar refractivity (Wildman–Crippen MR) is 77.6 cm³/mol. The van der Waals surface area contributed by atoms with Crippen LogP contribution in [0.1, 0.15) is 18.0 Å². The van der Waals surface area contributed by atoms with Gasteiger partial charge in [-0.15, -0.1) is 0 Å². The number of fused-ring (bicyclic) bond motifs is 1. The molecular weight excluding hydrogens is 327 g/mol. The number of hydrogen-bond donors (Lipinski definition) is 1. The number of benzene rings is 1. The Kier molecular flexibility index (Phi) is 3.88. The van der Waals surface area contributed by atoms with E-state index in [-0.39, 0.29) is 11.9 Å². The Morgan fingerprint density at radius 3 is 2.90 bits per heavy atom. The first-order valence-corrected chi connectivity index (χ1v) is 7.59. The van der Waals surface area contributed by atoms with Crippen LogP contribution in [0.4, 0.5) is 4.39 Å². The monoisotopic (exact) mass is 344 g/mol. The van der Waals surface area contributed by atoms with E-state index in [9.17, 15) is 4.39 Å². The molecule has 0 aromatic heterocycles. The van der Waals surface area contributed by atoms with E-state index < -0.39 is 0 Å². The lowest BCUT2D eigenvalue weighted by Crippen LogP contribution is -2.22. The van der Waals surface area contributed by atoms with Crippen molar-refractivity contribution in [3.63, 3.8) is 0 Å². The van der Waals surface area contributed by atoms with Crippen LogP contribution in [0.3, 0.4) is 0 Å². The molecule has 2 aliphatic heterocycles. The van der Waals surface area contributed by atoms with Gasteiger partial charge in [-0.3, -0.25) is 4.90 Å². The van der Waals surface area contributed by atoms with E-state index in [2.05, 4.69) is 20.8 Å². The van der Waals surface area contributed by atoms with Crippen LogP contribution in [0.15, 0.2) is 10.5 Å². The van der Waals surface area contributed by atoms with Crippen molar-refractivity contribution >= 4 is 15.9 Å². The standard InChI is InChI=1S/C14H18BrFN2O2/c1-18-7-8(6-17)4-10(18)9-5-11-14(12(15)13(9)16)20-3-2-19-11/h5,8,10H,2-4,6-7,17H2,1H3. The molecule has 0 aliphatic carbocycles. The Morgan fingerprint density at radius 1 is 1.45 bits per heavy atom. The van der Waals surface area contributed by atoms with Crippen molar-refractivity contribution in [1.29, 1.82) is 0 Å². The van der Waals surface area contributed by atoms with Crippen molar-refractivity contribution < 1.29 is 13.9 Å². The van der Waals surface area contributed by atoms with E-state index in [1.54, 1.807) is 6.07 Å². The Morgan fingerprint density at radius 2 is 2.20 bits per heavy atom. The van der Waals surface area contributed by atoms with E-state index in [0.717, 1.165) is 13.0 Å². The third kappa shape index (κ3) is 2.29. The van der Waals surface area contributed by atoms with E-state index in [1.165, 1.54) is 0 Å². The Hall–Kier alpha value is -0.850. The van der Waals surface area contributed by atoms with Gasteiger partial charge in [-0.1, -0.05) is 0 Å². The van der Waals surface area contributed by atoms with Gasteiger partial charge >= 0.3 is 0 Å². The van der Waals surface area contributed by atoms with Gasteiger partial charge < -0.3 is 15.2 Å². The molecule has 3 rings (SSSR count). The Balaban J connectivity index is 2.00. The van der Waals surface area contributed by atoms with Crippen LogP contribution in [-0.2, 0) is 0 Å². The lowest BCUT2D eigenvalue weighted by Gasteiger charge is -2.25. The summed E-state index contributed by atoms with van der Waals surface area (Å²) in [5, 5.41) is 0. The van der Waals surface area contributed by atoms with Gasteiger partial charge in [-0.05, 0) is 47.9 Å². The van der Waals surface area contributed by atoms with E-state index >= 15 is 0 Å². The first-order chi connectivity index (χ1) is 9.61. The highest BCUT2D eigenvalue weighted by molar-refractivity contribution is 9.10. The summed E-state index contributed by atoms with van der Waals surface area (Å²) in [5.41, 5.74) is 6.39. The van der Waals surface area contributed by atoms with Gasteiger partial charge in [0.15, 0.2) is 11.5 Å². The molecule has 4 nitrogen and oxygen atoms in total. The average molecular weight is 345 g/mol. The summed E-state index contributed by atoms with van der Waals surface area (Å²) in [6.45, 7) is 2.47. The second kappa shape index (κ2) is 5.50. The Bertz CT molecular complexity index is 526. The molecule has 2 atom stereocenters. The second-order valence-electron chi connectivity index (χ2n) is 5.41. The van der Waals surface area contributed by atoms with Crippen LogP contribution in [0, 0.1) is 11.7 Å². The smallest absolute Gasteiger partial charge is 0.178 e. The van der Waals surface area contributed by atoms with Gasteiger partial charge in [-0.25, -0.2) is 4.39 Å². The summed E-state index contributed by atoms with van der Waals surface area (Å²) in [4.78, 5) is 2.15. The van der Waals surface area contributed by atoms with Crippen molar-refractivity contribution in [2.24, 2.45) is 11.7 Å². The molecule has 1 fully saturated rings. The molecule has 2 unspecified atom stereocenters. The molecular formula is C14H18BrFN2O2. The van der Waals surface area contributed by atoms with E-state index in [1.807, 2.05) is 7.05 Å². The number of hydrogen-bond acceptors (Lipinski definition) is 4. The number of nitrogens with two attached hydrogens (primary N) is 1. The highest BCUT2D eigenvalue weighted by Gasteiger charge is 2.34. The molecule has 1 aromatic rings. The van der Waals surface area contributed by atoms with Crippen LogP contribution in [0.25, 0.3) is 0 Å². The van der Waals surface area contributed by atoms with Gasteiger partial charge in [0.2, 0.25) is 0 Å². The van der Waals surface area contributed by atoms with Gasteiger partial charge in [0.05, 0.1) is 4.47 Å². The van der Waals surface area contributed by atoms with Crippen molar-refractivity contribution in [1.82, 2.24) is 4.90 Å². The number of halogens is 2. The van der Waals surface area contributed by atoms with Crippen LogP contribution in [-0.4, -0.2) is 38.3 Å². The van der Waals surface area contributed by atoms with Crippen LogP contribution in [0.2, 0.25) is 0 Å². The normalized spacial score (nSPS) is 26.0. The summed E-state index contributed by atoms with van der Waals surface area (Å²) < 4.78 is 26.0. The molecule has 0 amide bonds. The fraction of sp³-hybridized carbons (Fsp3) is 0.571. The predicted octanol–water partition coefficient (Wildman–Crippen LogP) is 2.31.